The average molecular weight is 274 g/mol. The van der Waals surface area contributed by atoms with Crippen molar-refractivity contribution in [2.75, 3.05) is 0 Å². The van der Waals surface area contributed by atoms with Crippen LogP contribution in [0.15, 0.2) is 0 Å². The van der Waals surface area contributed by atoms with Gasteiger partial charge in [0, 0.05) is 4.75 Å². The second kappa shape index (κ2) is 5.85. The number of carbonyl (C=O) groups is 1. The van der Waals surface area contributed by atoms with E-state index < -0.39 is 5.41 Å². The Kier molecular flexibility index (Phi) is 5.79. The van der Waals surface area contributed by atoms with Gasteiger partial charge in [-0.15, -0.1) is 0 Å². The van der Waals surface area contributed by atoms with Crippen molar-refractivity contribution in [3.8, 4) is 0 Å². The van der Waals surface area contributed by atoms with Gasteiger partial charge in [-0.1, -0.05) is 34.6 Å². The number of thiol groups is 1. The molecular weight excluding hydrogens is 244 g/mol. The van der Waals surface area contributed by atoms with Gasteiger partial charge in [-0.25, -0.2) is 0 Å². The van der Waals surface area contributed by atoms with Gasteiger partial charge in [-0.05, 0) is 39.0 Å². The van der Waals surface area contributed by atoms with E-state index in [4.69, 9.17) is 4.74 Å². The molecule has 0 aliphatic heterocycles. The van der Waals surface area contributed by atoms with E-state index in [1.807, 2.05) is 34.6 Å². The number of carbonyl (C=O) groups excluding carboxylic acids is 1. The number of esters is 1. The van der Waals surface area contributed by atoms with Crippen molar-refractivity contribution in [2.45, 2.75) is 79.1 Å². The highest BCUT2D eigenvalue weighted by Crippen LogP contribution is 2.33. The first-order chi connectivity index (χ1) is 7.73. The Hall–Kier alpha value is -0.180. The largest absolute Gasteiger partial charge is 0.462 e. The van der Waals surface area contributed by atoms with Crippen LogP contribution in [0.2, 0.25) is 0 Å². The van der Waals surface area contributed by atoms with E-state index in [-0.39, 0.29) is 22.2 Å². The van der Waals surface area contributed by atoms with Crippen molar-refractivity contribution in [2.24, 2.45) is 10.8 Å². The second-order valence-electron chi connectivity index (χ2n) is 7.85. The van der Waals surface area contributed by atoms with Crippen LogP contribution in [0.5, 0.6) is 0 Å². The van der Waals surface area contributed by atoms with Gasteiger partial charge in [0.25, 0.3) is 0 Å². The highest BCUT2D eigenvalue weighted by atomic mass is 32.1. The molecule has 0 aliphatic carbocycles. The molecule has 0 aromatic rings. The third-order valence-corrected chi connectivity index (χ3v) is 2.79. The third kappa shape index (κ3) is 8.02. The van der Waals surface area contributed by atoms with Crippen molar-refractivity contribution in [3.63, 3.8) is 0 Å². The summed E-state index contributed by atoms with van der Waals surface area (Å²) in [6, 6.07) is 0. The molecule has 0 fully saturated rings. The predicted molar refractivity (Wildman–Crippen MR) is 81.1 cm³/mol. The fourth-order valence-electron chi connectivity index (χ4n) is 2.40. The Labute approximate surface area is 118 Å². The summed E-state index contributed by atoms with van der Waals surface area (Å²) in [5, 5.41) is 0. The van der Waals surface area contributed by atoms with Crippen molar-refractivity contribution in [1.29, 1.82) is 0 Å². The number of hydrogen-bond donors (Lipinski definition) is 1. The monoisotopic (exact) mass is 274 g/mol. The van der Waals surface area contributed by atoms with Crippen LogP contribution >= 0.6 is 12.6 Å². The molecule has 0 aliphatic rings. The Morgan fingerprint density at radius 3 is 1.89 bits per heavy atom. The minimum absolute atomic E-state index is 0.0418. The summed E-state index contributed by atoms with van der Waals surface area (Å²) in [5.41, 5.74) is -0.315. The number of hydrogen-bond acceptors (Lipinski definition) is 3. The molecule has 1 unspecified atom stereocenters. The normalized spacial score (nSPS) is 15.4. The van der Waals surface area contributed by atoms with Gasteiger partial charge in [0.1, 0.15) is 0 Å². The lowest BCUT2D eigenvalue weighted by Crippen LogP contribution is -2.35. The van der Waals surface area contributed by atoms with Crippen molar-refractivity contribution in [3.05, 3.63) is 0 Å². The lowest BCUT2D eigenvalue weighted by molar-refractivity contribution is -0.160. The highest BCUT2D eigenvalue weighted by molar-refractivity contribution is 7.81. The molecule has 0 bridgehead atoms. The van der Waals surface area contributed by atoms with E-state index in [1.54, 1.807) is 0 Å². The summed E-state index contributed by atoms with van der Waals surface area (Å²) < 4.78 is 5.39. The molecule has 1 atom stereocenters. The fourth-order valence-corrected chi connectivity index (χ4v) is 2.80. The zero-order valence-corrected chi connectivity index (χ0v) is 14.1. The molecule has 0 aromatic carbocycles. The van der Waals surface area contributed by atoms with Crippen molar-refractivity contribution in [1.82, 2.24) is 0 Å². The van der Waals surface area contributed by atoms with Gasteiger partial charge in [-0.2, -0.15) is 12.6 Å². The van der Waals surface area contributed by atoms with Crippen LogP contribution in [-0.2, 0) is 9.53 Å². The summed E-state index contributed by atoms with van der Waals surface area (Å²) in [5.74, 6) is -0.124. The second-order valence-corrected chi connectivity index (χ2v) is 9.06. The van der Waals surface area contributed by atoms with Crippen LogP contribution in [0.3, 0.4) is 0 Å². The molecule has 0 amide bonds. The SMILES string of the molecule is CC(CC(C)(C)C)OC(=O)C(C)(C)CC(C)(C)S. The van der Waals surface area contributed by atoms with Crippen molar-refractivity contribution < 1.29 is 9.53 Å². The van der Waals surface area contributed by atoms with Gasteiger partial charge in [0.15, 0.2) is 0 Å². The van der Waals surface area contributed by atoms with Crippen LogP contribution in [0, 0.1) is 10.8 Å². The highest BCUT2D eigenvalue weighted by Gasteiger charge is 2.35. The number of ether oxygens (including phenoxy) is 1. The molecule has 18 heavy (non-hydrogen) atoms. The Morgan fingerprint density at radius 2 is 1.56 bits per heavy atom. The van der Waals surface area contributed by atoms with Crippen LogP contribution in [0.4, 0.5) is 0 Å². The summed E-state index contributed by atoms with van der Waals surface area (Å²) in [6.07, 6.45) is 1.53. The van der Waals surface area contributed by atoms with E-state index >= 15 is 0 Å². The minimum Gasteiger partial charge on any atom is -0.462 e. The first-order valence-electron chi connectivity index (χ1n) is 6.66. The van der Waals surface area contributed by atoms with E-state index in [2.05, 4.69) is 33.4 Å². The Balaban J connectivity index is 4.48. The molecule has 0 radical (unpaired) electrons. The zero-order valence-electron chi connectivity index (χ0n) is 13.3. The van der Waals surface area contributed by atoms with Crippen LogP contribution < -0.4 is 0 Å². The molecule has 0 heterocycles. The maximum absolute atomic E-state index is 12.2. The molecular formula is C15H30O2S. The molecule has 2 nitrogen and oxygen atoms in total. The average Bonchev–Trinajstić information content (AvgIpc) is 1.93. The molecule has 0 N–H and O–H groups in total. The first-order valence-corrected chi connectivity index (χ1v) is 7.11. The summed E-state index contributed by atoms with van der Waals surface area (Å²) in [7, 11) is 0. The Bertz CT molecular complexity index is 282. The summed E-state index contributed by atoms with van der Waals surface area (Å²) in [6.45, 7) is 16.3. The van der Waals surface area contributed by atoms with Gasteiger partial charge >= 0.3 is 5.97 Å². The maximum Gasteiger partial charge on any atom is 0.311 e. The van der Waals surface area contributed by atoms with E-state index in [1.165, 1.54) is 0 Å². The Morgan fingerprint density at radius 1 is 1.11 bits per heavy atom. The quantitative estimate of drug-likeness (QED) is 0.591. The molecule has 0 saturated carbocycles. The number of rotatable bonds is 5. The summed E-state index contributed by atoms with van der Waals surface area (Å²) >= 11 is 4.49. The maximum atomic E-state index is 12.2. The van der Waals surface area contributed by atoms with Crippen LogP contribution in [0.1, 0.15) is 68.2 Å². The van der Waals surface area contributed by atoms with Gasteiger partial charge in [0.05, 0.1) is 11.5 Å². The summed E-state index contributed by atoms with van der Waals surface area (Å²) in [4.78, 5) is 12.2. The standard InChI is InChI=1S/C15H30O2S/c1-11(9-13(2,3)4)17-12(16)14(5,6)10-15(7,8)18/h11,18H,9-10H2,1-8H3. The van der Waals surface area contributed by atoms with Gasteiger partial charge in [0.2, 0.25) is 0 Å². The zero-order chi connectivity index (χ0) is 14.8. The van der Waals surface area contributed by atoms with E-state index in [9.17, 15) is 4.79 Å². The van der Waals surface area contributed by atoms with E-state index in [0.29, 0.717) is 6.42 Å². The lowest BCUT2D eigenvalue weighted by atomic mass is 9.83. The van der Waals surface area contributed by atoms with Crippen LogP contribution in [0.25, 0.3) is 0 Å². The third-order valence-electron chi connectivity index (χ3n) is 2.64. The fraction of sp³-hybridized carbons (Fsp3) is 0.933. The van der Waals surface area contributed by atoms with Crippen molar-refractivity contribution >= 4 is 18.6 Å². The predicted octanol–water partition coefficient (Wildman–Crippen LogP) is 4.48. The van der Waals surface area contributed by atoms with Gasteiger partial charge in [-0.3, -0.25) is 4.79 Å². The molecule has 0 rings (SSSR count). The van der Waals surface area contributed by atoms with E-state index in [0.717, 1.165) is 6.42 Å². The molecule has 0 saturated heterocycles. The molecule has 0 spiro atoms. The topological polar surface area (TPSA) is 26.3 Å². The minimum atomic E-state index is -0.489. The first kappa shape index (κ1) is 17.8. The molecule has 3 heteroatoms. The van der Waals surface area contributed by atoms with Crippen LogP contribution in [-0.4, -0.2) is 16.8 Å². The van der Waals surface area contributed by atoms with Gasteiger partial charge < -0.3 is 4.74 Å². The smallest absolute Gasteiger partial charge is 0.311 e. The molecule has 108 valence electrons. The lowest BCUT2D eigenvalue weighted by Gasteiger charge is -2.32. The molecule has 0 aromatic heterocycles.